The number of halogens is 1. The summed E-state index contributed by atoms with van der Waals surface area (Å²) in [4.78, 5) is 0. The first-order valence-corrected chi connectivity index (χ1v) is 5.95. The molecule has 1 unspecified atom stereocenters. The smallest absolute Gasteiger partial charge is 0.132 e. The molecule has 2 aromatic rings. The number of fused-ring (bicyclic) bond motifs is 1. The summed E-state index contributed by atoms with van der Waals surface area (Å²) >= 11 is 0. The zero-order chi connectivity index (χ0) is 11.5. The highest BCUT2D eigenvalue weighted by Crippen LogP contribution is 2.20. The van der Waals surface area contributed by atoms with Crippen LogP contribution in [0, 0.1) is 11.7 Å². The van der Waals surface area contributed by atoms with Crippen LogP contribution in [-0.2, 0) is 6.54 Å². The van der Waals surface area contributed by atoms with E-state index in [2.05, 4.69) is 18.4 Å². The molecule has 16 heavy (non-hydrogen) atoms. The van der Waals surface area contributed by atoms with Crippen molar-refractivity contribution in [1.82, 2.24) is 4.57 Å². The summed E-state index contributed by atoms with van der Waals surface area (Å²) in [5.74, 6) is 0.517. The third-order valence-corrected chi connectivity index (χ3v) is 3.05. The maximum atomic E-state index is 13.5. The Bertz CT molecular complexity index is 473. The highest BCUT2D eigenvalue weighted by atomic mass is 19.1. The fourth-order valence-corrected chi connectivity index (χ4v) is 2.26. The third kappa shape index (κ3) is 2.11. The zero-order valence-electron chi connectivity index (χ0n) is 9.91. The van der Waals surface area contributed by atoms with Crippen LogP contribution in [0.1, 0.15) is 26.7 Å². The van der Waals surface area contributed by atoms with Crippen LogP contribution in [0.2, 0.25) is 0 Å². The second-order valence-electron chi connectivity index (χ2n) is 4.53. The molecule has 0 amide bonds. The normalized spacial score (nSPS) is 13.2. The summed E-state index contributed by atoms with van der Waals surface area (Å²) in [6.07, 6.45) is 4.41. The number of benzene rings is 1. The Balaban J connectivity index is 2.28. The fourth-order valence-electron chi connectivity index (χ4n) is 2.26. The molecule has 0 aliphatic heterocycles. The van der Waals surface area contributed by atoms with Crippen LogP contribution in [0.5, 0.6) is 0 Å². The molecule has 0 fully saturated rings. The maximum Gasteiger partial charge on any atom is 0.132 e. The highest BCUT2D eigenvalue weighted by Gasteiger charge is 2.07. The van der Waals surface area contributed by atoms with Crippen LogP contribution < -0.4 is 0 Å². The molecule has 2 heteroatoms. The van der Waals surface area contributed by atoms with Gasteiger partial charge in [0, 0.05) is 18.1 Å². The van der Waals surface area contributed by atoms with Crippen molar-refractivity contribution >= 4 is 10.9 Å². The molecule has 0 saturated carbocycles. The number of hydrogen-bond donors (Lipinski definition) is 0. The van der Waals surface area contributed by atoms with Gasteiger partial charge in [0.05, 0.1) is 5.52 Å². The summed E-state index contributed by atoms with van der Waals surface area (Å²) in [5.41, 5.74) is 1.00. The van der Waals surface area contributed by atoms with Crippen molar-refractivity contribution < 1.29 is 4.39 Å². The first kappa shape index (κ1) is 11.2. The molecule has 86 valence electrons. The summed E-state index contributed by atoms with van der Waals surface area (Å²) in [6, 6.07) is 7.14. The van der Waals surface area contributed by atoms with Crippen LogP contribution in [0.15, 0.2) is 30.5 Å². The van der Waals surface area contributed by atoms with Gasteiger partial charge in [-0.1, -0.05) is 26.3 Å². The average molecular weight is 219 g/mol. The number of nitrogens with zero attached hydrogens (tertiary/aromatic N) is 1. The quantitative estimate of drug-likeness (QED) is 0.725. The lowest BCUT2D eigenvalue weighted by molar-refractivity contribution is 0.453. The van der Waals surface area contributed by atoms with Gasteiger partial charge >= 0.3 is 0 Å². The van der Waals surface area contributed by atoms with Gasteiger partial charge in [-0.3, -0.25) is 0 Å². The highest BCUT2D eigenvalue weighted by molar-refractivity contribution is 5.80. The van der Waals surface area contributed by atoms with Gasteiger partial charge in [0.25, 0.3) is 0 Å². The Morgan fingerprint density at radius 1 is 1.31 bits per heavy atom. The van der Waals surface area contributed by atoms with Crippen LogP contribution >= 0.6 is 0 Å². The SMILES string of the molecule is CCCC(C)Cn1ccc2c(F)cccc21. The molecule has 1 nitrogen and oxygen atoms in total. The minimum absolute atomic E-state index is 0.126. The number of hydrogen-bond acceptors (Lipinski definition) is 0. The minimum Gasteiger partial charge on any atom is -0.347 e. The van der Waals surface area contributed by atoms with Crippen molar-refractivity contribution in [3.8, 4) is 0 Å². The Labute approximate surface area is 95.9 Å². The molecule has 1 atom stereocenters. The molecule has 1 heterocycles. The lowest BCUT2D eigenvalue weighted by Gasteiger charge is -2.12. The molecular formula is C14H18FN. The van der Waals surface area contributed by atoms with Crippen molar-refractivity contribution in [1.29, 1.82) is 0 Å². The van der Waals surface area contributed by atoms with Gasteiger partial charge in [-0.05, 0) is 30.5 Å². The summed E-state index contributed by atoms with van der Waals surface area (Å²) < 4.78 is 15.6. The number of aromatic nitrogens is 1. The molecule has 1 aromatic heterocycles. The molecule has 0 aliphatic rings. The second-order valence-corrected chi connectivity index (χ2v) is 4.53. The zero-order valence-corrected chi connectivity index (χ0v) is 9.91. The van der Waals surface area contributed by atoms with Gasteiger partial charge in [0.2, 0.25) is 0 Å². The standard InChI is InChI=1S/C14H18FN/c1-3-5-11(2)10-16-9-8-12-13(15)6-4-7-14(12)16/h4,6-9,11H,3,5,10H2,1-2H3. The van der Waals surface area contributed by atoms with Gasteiger partial charge in [-0.25, -0.2) is 4.39 Å². The largest absolute Gasteiger partial charge is 0.347 e. The van der Waals surface area contributed by atoms with E-state index in [1.54, 1.807) is 6.07 Å². The predicted molar refractivity (Wildman–Crippen MR) is 66.0 cm³/mol. The first-order valence-electron chi connectivity index (χ1n) is 5.95. The molecule has 0 aliphatic carbocycles. The van der Waals surface area contributed by atoms with Gasteiger partial charge < -0.3 is 4.57 Å². The van der Waals surface area contributed by atoms with Crippen molar-refractivity contribution in [2.75, 3.05) is 0 Å². The van der Waals surface area contributed by atoms with E-state index < -0.39 is 0 Å². The van der Waals surface area contributed by atoms with Gasteiger partial charge in [0.15, 0.2) is 0 Å². The van der Waals surface area contributed by atoms with Crippen molar-refractivity contribution in [3.05, 3.63) is 36.3 Å². The Morgan fingerprint density at radius 2 is 2.12 bits per heavy atom. The van der Waals surface area contributed by atoms with Crippen LogP contribution in [0.4, 0.5) is 4.39 Å². The molecular weight excluding hydrogens is 201 g/mol. The van der Waals surface area contributed by atoms with E-state index >= 15 is 0 Å². The Kier molecular flexibility index (Phi) is 3.28. The fraction of sp³-hybridized carbons (Fsp3) is 0.429. The Morgan fingerprint density at radius 3 is 2.88 bits per heavy atom. The van der Waals surface area contributed by atoms with Crippen molar-refractivity contribution in [2.24, 2.45) is 5.92 Å². The van der Waals surface area contributed by atoms with Gasteiger partial charge in [0.1, 0.15) is 5.82 Å². The Hall–Kier alpha value is -1.31. The lowest BCUT2D eigenvalue weighted by Crippen LogP contribution is -2.06. The van der Waals surface area contributed by atoms with Gasteiger partial charge in [-0.15, -0.1) is 0 Å². The number of rotatable bonds is 4. The molecule has 0 N–H and O–H groups in total. The molecule has 1 aromatic carbocycles. The molecule has 0 radical (unpaired) electrons. The monoisotopic (exact) mass is 219 g/mol. The second kappa shape index (κ2) is 4.69. The van der Waals surface area contributed by atoms with Crippen LogP contribution in [0.25, 0.3) is 10.9 Å². The summed E-state index contributed by atoms with van der Waals surface area (Å²) in [7, 11) is 0. The van der Waals surface area contributed by atoms with E-state index in [0.717, 1.165) is 17.4 Å². The van der Waals surface area contributed by atoms with E-state index in [1.807, 2.05) is 18.3 Å². The van der Waals surface area contributed by atoms with E-state index in [1.165, 1.54) is 18.9 Å². The molecule has 0 bridgehead atoms. The van der Waals surface area contributed by atoms with Gasteiger partial charge in [-0.2, -0.15) is 0 Å². The molecule has 2 rings (SSSR count). The third-order valence-electron chi connectivity index (χ3n) is 3.05. The summed E-state index contributed by atoms with van der Waals surface area (Å²) in [6.45, 7) is 5.42. The maximum absolute atomic E-state index is 13.5. The summed E-state index contributed by atoms with van der Waals surface area (Å²) in [5, 5.41) is 0.728. The van der Waals surface area contributed by atoms with Crippen molar-refractivity contribution in [2.45, 2.75) is 33.2 Å². The van der Waals surface area contributed by atoms with Crippen LogP contribution in [0.3, 0.4) is 0 Å². The minimum atomic E-state index is -0.126. The predicted octanol–water partition coefficient (Wildman–Crippen LogP) is 4.22. The average Bonchev–Trinajstić information content (AvgIpc) is 2.64. The lowest BCUT2D eigenvalue weighted by atomic mass is 10.1. The van der Waals surface area contributed by atoms with Crippen LogP contribution in [-0.4, -0.2) is 4.57 Å². The topological polar surface area (TPSA) is 4.93 Å². The molecule has 0 saturated heterocycles. The first-order chi connectivity index (χ1) is 7.72. The molecule has 0 spiro atoms. The van der Waals surface area contributed by atoms with E-state index in [-0.39, 0.29) is 5.82 Å². The van der Waals surface area contributed by atoms with E-state index in [4.69, 9.17) is 0 Å². The van der Waals surface area contributed by atoms with E-state index in [0.29, 0.717) is 5.92 Å². The van der Waals surface area contributed by atoms with Crippen molar-refractivity contribution in [3.63, 3.8) is 0 Å². The van der Waals surface area contributed by atoms with E-state index in [9.17, 15) is 4.39 Å².